The van der Waals surface area contributed by atoms with E-state index in [0.717, 1.165) is 24.5 Å². The molecule has 1 aromatic heterocycles. The molecule has 1 aromatic carbocycles. The van der Waals surface area contributed by atoms with Gasteiger partial charge in [0, 0.05) is 16.7 Å². The molecule has 2 heterocycles. The van der Waals surface area contributed by atoms with E-state index in [-0.39, 0.29) is 17.0 Å². The van der Waals surface area contributed by atoms with Crippen molar-refractivity contribution in [3.05, 3.63) is 53.3 Å². The number of nitrogens with zero attached hydrogens (tertiary/aromatic N) is 3. The Morgan fingerprint density at radius 3 is 2.16 bits per heavy atom. The van der Waals surface area contributed by atoms with Crippen molar-refractivity contribution in [2.45, 2.75) is 89.8 Å². The molecule has 0 unspecified atom stereocenters. The Morgan fingerprint density at radius 2 is 1.55 bits per heavy atom. The molecular formula is C25H37BrClN3O. The summed E-state index contributed by atoms with van der Waals surface area (Å²) in [6.45, 7) is 3.55. The van der Waals surface area contributed by atoms with E-state index >= 15 is 0 Å². The van der Waals surface area contributed by atoms with Crippen molar-refractivity contribution in [1.82, 2.24) is 4.98 Å². The Kier molecular flexibility index (Phi) is 11.3. The van der Waals surface area contributed by atoms with Crippen molar-refractivity contribution in [1.29, 1.82) is 0 Å². The van der Waals surface area contributed by atoms with Crippen molar-refractivity contribution in [2.75, 3.05) is 11.4 Å². The predicted molar refractivity (Wildman–Crippen MR) is 124 cm³/mol. The molecule has 0 saturated heterocycles. The lowest BCUT2D eigenvalue weighted by Gasteiger charge is -2.28. The van der Waals surface area contributed by atoms with Crippen LogP contribution in [0.2, 0.25) is 5.02 Å². The highest BCUT2D eigenvalue weighted by atomic mass is 79.9. The maximum Gasteiger partial charge on any atom is 0.396 e. The molecule has 1 aliphatic heterocycles. The Balaban J connectivity index is 0.00000341. The van der Waals surface area contributed by atoms with E-state index < -0.39 is 5.72 Å². The van der Waals surface area contributed by atoms with Gasteiger partial charge >= 0.3 is 5.95 Å². The van der Waals surface area contributed by atoms with Crippen molar-refractivity contribution < 1.29 is 26.7 Å². The number of fused-ring (bicyclic) bond motifs is 1. The van der Waals surface area contributed by atoms with Gasteiger partial charge in [-0.1, -0.05) is 99.8 Å². The van der Waals surface area contributed by atoms with Crippen LogP contribution in [0, 0.1) is 0 Å². The number of anilines is 1. The quantitative estimate of drug-likeness (QED) is 0.333. The summed E-state index contributed by atoms with van der Waals surface area (Å²) in [5.41, 5.74) is -0.217. The molecule has 0 spiro atoms. The van der Waals surface area contributed by atoms with Crippen molar-refractivity contribution >= 4 is 17.5 Å². The van der Waals surface area contributed by atoms with Gasteiger partial charge in [0.1, 0.15) is 12.7 Å². The van der Waals surface area contributed by atoms with Crippen LogP contribution in [0.5, 0.6) is 0 Å². The second-order valence-corrected chi connectivity index (χ2v) is 8.99. The van der Waals surface area contributed by atoms with Crippen LogP contribution in [0.3, 0.4) is 0 Å². The summed E-state index contributed by atoms with van der Waals surface area (Å²) in [5, 5.41) is 12.3. The fourth-order valence-corrected chi connectivity index (χ4v) is 4.54. The van der Waals surface area contributed by atoms with Crippen molar-refractivity contribution in [3.63, 3.8) is 0 Å². The number of rotatable bonds is 13. The molecule has 1 atom stereocenters. The van der Waals surface area contributed by atoms with E-state index in [0.29, 0.717) is 11.6 Å². The monoisotopic (exact) mass is 509 g/mol. The number of aliphatic hydroxyl groups is 1. The first-order chi connectivity index (χ1) is 14.6. The van der Waals surface area contributed by atoms with Crippen LogP contribution in [0.25, 0.3) is 0 Å². The number of aromatic nitrogens is 2. The highest BCUT2D eigenvalue weighted by Crippen LogP contribution is 2.34. The molecule has 0 amide bonds. The summed E-state index contributed by atoms with van der Waals surface area (Å²) >= 11 is 6.06. The molecule has 0 bridgehead atoms. The van der Waals surface area contributed by atoms with E-state index in [1.54, 1.807) is 6.20 Å². The third kappa shape index (κ3) is 7.16. The van der Waals surface area contributed by atoms with Crippen LogP contribution < -0.4 is 26.4 Å². The van der Waals surface area contributed by atoms with Gasteiger partial charge in [0.15, 0.2) is 0 Å². The molecule has 6 heteroatoms. The van der Waals surface area contributed by atoms with Gasteiger partial charge in [-0.2, -0.15) is 0 Å². The summed E-state index contributed by atoms with van der Waals surface area (Å²) in [6.07, 6.45) is 18.2. The molecule has 31 heavy (non-hydrogen) atoms. The molecule has 0 saturated carbocycles. The van der Waals surface area contributed by atoms with Crippen molar-refractivity contribution in [3.8, 4) is 0 Å². The molecule has 172 valence electrons. The van der Waals surface area contributed by atoms with E-state index in [4.69, 9.17) is 11.6 Å². The minimum Gasteiger partial charge on any atom is -1.00 e. The van der Waals surface area contributed by atoms with E-state index in [9.17, 15) is 5.11 Å². The molecule has 2 aromatic rings. The second kappa shape index (κ2) is 13.4. The third-order valence-electron chi connectivity index (χ3n) is 6.17. The SMILES string of the molecule is CCCCCCCCCCCCCN1c2nccc[n+]2C[C@@]1(O)c1ccc(Cl)cc1.[Br-]. The van der Waals surface area contributed by atoms with Gasteiger partial charge in [-0.25, -0.2) is 9.47 Å². The fraction of sp³-hybridized carbons (Fsp3) is 0.600. The normalized spacial score (nSPS) is 17.5. The van der Waals surface area contributed by atoms with Gasteiger partial charge in [-0.3, -0.25) is 0 Å². The van der Waals surface area contributed by atoms with Crippen LogP contribution in [0.4, 0.5) is 5.95 Å². The zero-order chi connectivity index (χ0) is 21.2. The Labute approximate surface area is 203 Å². The van der Waals surface area contributed by atoms with E-state index in [1.165, 1.54) is 64.2 Å². The van der Waals surface area contributed by atoms with Crippen LogP contribution >= 0.6 is 11.6 Å². The molecule has 0 radical (unpaired) electrons. The maximum absolute atomic E-state index is 11.6. The minimum absolute atomic E-state index is 0. The van der Waals surface area contributed by atoms with Crippen LogP contribution in [0.1, 0.15) is 83.1 Å². The van der Waals surface area contributed by atoms with Crippen LogP contribution in [0.15, 0.2) is 42.7 Å². The lowest BCUT2D eigenvalue weighted by molar-refractivity contribution is -0.685. The summed E-state index contributed by atoms with van der Waals surface area (Å²) < 4.78 is 2.03. The highest BCUT2D eigenvalue weighted by molar-refractivity contribution is 6.30. The van der Waals surface area contributed by atoms with Gasteiger partial charge in [-0.15, -0.1) is 0 Å². The minimum atomic E-state index is -1.08. The number of halogens is 2. The third-order valence-corrected chi connectivity index (χ3v) is 6.42. The Hall–Kier alpha value is -1.17. The average Bonchev–Trinajstić information content (AvgIpc) is 3.05. The van der Waals surface area contributed by atoms with Crippen LogP contribution in [-0.4, -0.2) is 16.6 Å². The molecule has 0 fully saturated rings. The summed E-state index contributed by atoms with van der Waals surface area (Å²) in [7, 11) is 0. The molecule has 4 nitrogen and oxygen atoms in total. The van der Waals surface area contributed by atoms with Gasteiger partial charge in [0.05, 0.1) is 12.7 Å². The first-order valence-corrected chi connectivity index (χ1v) is 12.1. The van der Waals surface area contributed by atoms with E-state index in [2.05, 4.69) is 16.8 Å². The van der Waals surface area contributed by atoms with E-state index in [1.807, 2.05) is 41.1 Å². The standard InChI is InChI=1S/C25H37ClN3O.BrH/c1-2-3-4-5-6-7-8-9-10-11-12-20-29-24-27-18-13-19-28(24)21-25(29,30)22-14-16-23(26)17-15-22;/h13-19,30H,2-12,20-21H2,1H3;1H/q+1;/p-1/t25-;/m1./s1. The highest BCUT2D eigenvalue weighted by Gasteiger charge is 2.51. The zero-order valence-electron chi connectivity index (χ0n) is 18.8. The van der Waals surface area contributed by atoms with Gasteiger partial charge in [-0.05, 0) is 18.6 Å². The Bertz CT molecular complexity index is 774. The first-order valence-electron chi connectivity index (χ1n) is 11.8. The fourth-order valence-electron chi connectivity index (χ4n) is 4.41. The lowest BCUT2D eigenvalue weighted by Crippen LogP contribution is -3.00. The number of benzene rings is 1. The Morgan fingerprint density at radius 1 is 0.968 bits per heavy atom. The first kappa shape index (κ1) is 26.1. The van der Waals surface area contributed by atoms with Gasteiger partial charge in [0.2, 0.25) is 5.72 Å². The molecular weight excluding hydrogens is 474 g/mol. The number of unbranched alkanes of at least 4 members (excludes halogenated alkanes) is 10. The van der Waals surface area contributed by atoms with Crippen molar-refractivity contribution in [2.24, 2.45) is 0 Å². The number of hydrogen-bond acceptors (Lipinski definition) is 3. The van der Waals surface area contributed by atoms with Crippen LogP contribution in [-0.2, 0) is 12.3 Å². The largest absolute Gasteiger partial charge is 1.00 e. The predicted octanol–water partition coefficient (Wildman–Crippen LogP) is 3.00. The summed E-state index contributed by atoms with van der Waals surface area (Å²) in [5.74, 6) is 0.835. The number of hydrogen-bond donors (Lipinski definition) is 1. The molecule has 0 aliphatic carbocycles. The lowest BCUT2D eigenvalue weighted by atomic mass is 10.0. The zero-order valence-corrected chi connectivity index (χ0v) is 21.1. The maximum atomic E-state index is 11.6. The molecule has 1 N–H and O–H groups in total. The smallest absolute Gasteiger partial charge is 0.396 e. The second-order valence-electron chi connectivity index (χ2n) is 8.56. The van der Waals surface area contributed by atoms with Gasteiger partial charge in [0.25, 0.3) is 0 Å². The molecule has 3 rings (SSSR count). The summed E-state index contributed by atoms with van der Waals surface area (Å²) in [6, 6.07) is 9.44. The van der Waals surface area contributed by atoms with Gasteiger partial charge < -0.3 is 22.1 Å². The summed E-state index contributed by atoms with van der Waals surface area (Å²) in [4.78, 5) is 6.61. The average molecular weight is 511 g/mol. The molecule has 1 aliphatic rings. The topological polar surface area (TPSA) is 40.2 Å².